The average Bonchev–Trinajstić information content (AvgIpc) is 2.89. The van der Waals surface area contributed by atoms with Gasteiger partial charge in [0.25, 0.3) is 5.91 Å². The second-order valence-electron chi connectivity index (χ2n) is 8.13. The van der Waals surface area contributed by atoms with E-state index in [4.69, 9.17) is 23.2 Å². The van der Waals surface area contributed by atoms with Crippen molar-refractivity contribution in [1.29, 1.82) is 0 Å². The van der Waals surface area contributed by atoms with E-state index in [9.17, 15) is 9.59 Å². The van der Waals surface area contributed by atoms with E-state index in [2.05, 4.69) is 18.2 Å². The fraction of sp³-hybridized carbons (Fsp3) is 0.200. The van der Waals surface area contributed by atoms with E-state index in [0.29, 0.717) is 22.3 Å². The van der Waals surface area contributed by atoms with Crippen LogP contribution in [0.3, 0.4) is 0 Å². The maximum atomic E-state index is 13.4. The third-order valence-electron chi connectivity index (χ3n) is 5.61. The minimum atomic E-state index is -1.01. The maximum Gasteiger partial charge on any atom is 0.332 e. The number of hydrogen-bond donors (Lipinski definition) is 0. The van der Waals surface area contributed by atoms with Crippen LogP contribution in [0.15, 0.2) is 72.8 Å². The van der Waals surface area contributed by atoms with Crippen molar-refractivity contribution < 1.29 is 9.59 Å². The molecule has 0 unspecified atom stereocenters. The molecule has 0 spiro atoms. The van der Waals surface area contributed by atoms with Crippen LogP contribution in [0.2, 0.25) is 10.0 Å². The molecular weight excluding hydrogens is 431 g/mol. The first kappa shape index (κ1) is 21.4. The van der Waals surface area contributed by atoms with E-state index in [0.717, 1.165) is 22.4 Å². The van der Waals surface area contributed by atoms with Crippen molar-refractivity contribution in [3.63, 3.8) is 0 Å². The molecule has 1 fully saturated rings. The first-order valence-corrected chi connectivity index (χ1v) is 10.8. The molecule has 31 heavy (non-hydrogen) atoms. The van der Waals surface area contributed by atoms with Gasteiger partial charge in [-0.05, 0) is 55.2 Å². The molecule has 0 saturated carbocycles. The molecule has 4 nitrogen and oxygen atoms in total. The summed E-state index contributed by atoms with van der Waals surface area (Å²) in [5.74, 6) is -0.309. The smallest absolute Gasteiger partial charge is 0.305 e. The lowest BCUT2D eigenvalue weighted by Crippen LogP contribution is -2.43. The van der Waals surface area contributed by atoms with Gasteiger partial charge < -0.3 is 4.90 Å². The minimum Gasteiger partial charge on any atom is -0.305 e. The Kier molecular flexibility index (Phi) is 5.78. The van der Waals surface area contributed by atoms with Crippen molar-refractivity contribution in [2.75, 3.05) is 4.90 Å². The van der Waals surface area contributed by atoms with Gasteiger partial charge in [0, 0.05) is 16.6 Å². The number of benzene rings is 3. The Morgan fingerprint density at radius 2 is 1.39 bits per heavy atom. The van der Waals surface area contributed by atoms with Gasteiger partial charge in [0.1, 0.15) is 5.54 Å². The second-order valence-corrected chi connectivity index (χ2v) is 9.00. The minimum absolute atomic E-state index is 0.309. The maximum absolute atomic E-state index is 13.4. The van der Waals surface area contributed by atoms with Crippen LogP contribution < -0.4 is 4.90 Å². The van der Waals surface area contributed by atoms with E-state index in [-0.39, 0.29) is 11.9 Å². The molecule has 1 heterocycles. The predicted octanol–water partition coefficient (Wildman–Crippen LogP) is 6.33. The standard InChI is InChI=1S/C25H22Cl2N2O2/c1-25(2)23(30)29(22-14-20(26)13-21(27)15-22)24(31)28(25)16-19-11-7-6-10-18(19)12-17-8-4-3-5-9-17/h3-11,13-15H,12,16H2,1-2H3. The molecule has 1 saturated heterocycles. The first-order chi connectivity index (χ1) is 14.8. The van der Waals surface area contributed by atoms with E-state index in [1.807, 2.05) is 36.4 Å². The Labute approximate surface area is 192 Å². The molecule has 0 aromatic heterocycles. The van der Waals surface area contributed by atoms with E-state index < -0.39 is 5.54 Å². The Bertz CT molecular complexity index is 1130. The molecule has 0 radical (unpaired) electrons. The highest BCUT2D eigenvalue weighted by Gasteiger charge is 2.51. The highest BCUT2D eigenvalue weighted by Crippen LogP contribution is 2.36. The lowest BCUT2D eigenvalue weighted by molar-refractivity contribution is -0.123. The van der Waals surface area contributed by atoms with Gasteiger partial charge in [-0.3, -0.25) is 4.79 Å². The molecule has 0 aliphatic carbocycles. The Hall–Kier alpha value is -2.82. The molecule has 0 N–H and O–H groups in total. The number of urea groups is 1. The van der Waals surface area contributed by atoms with Gasteiger partial charge in [-0.2, -0.15) is 0 Å². The van der Waals surface area contributed by atoms with Crippen LogP contribution in [0.25, 0.3) is 0 Å². The SMILES string of the molecule is CC1(C)C(=O)N(c2cc(Cl)cc(Cl)c2)C(=O)N1Cc1ccccc1Cc1ccccc1. The zero-order chi connectivity index (χ0) is 22.2. The van der Waals surface area contributed by atoms with Gasteiger partial charge in [0.05, 0.1) is 5.69 Å². The number of anilines is 1. The van der Waals surface area contributed by atoms with Gasteiger partial charge in [-0.15, -0.1) is 0 Å². The van der Waals surface area contributed by atoms with E-state index >= 15 is 0 Å². The number of carbonyl (C=O) groups is 2. The summed E-state index contributed by atoms with van der Waals surface area (Å²) in [6.07, 6.45) is 0.751. The number of halogens is 2. The van der Waals surface area contributed by atoms with Crippen LogP contribution in [-0.4, -0.2) is 22.4 Å². The molecule has 1 aliphatic rings. The predicted molar refractivity (Wildman–Crippen MR) is 125 cm³/mol. The van der Waals surface area contributed by atoms with Crippen molar-refractivity contribution in [2.45, 2.75) is 32.4 Å². The topological polar surface area (TPSA) is 40.6 Å². The van der Waals surface area contributed by atoms with Gasteiger partial charge in [-0.1, -0.05) is 77.8 Å². The summed E-state index contributed by atoms with van der Waals surface area (Å²) in [5.41, 5.74) is 2.68. The van der Waals surface area contributed by atoms with E-state index in [1.165, 1.54) is 5.56 Å². The summed E-state index contributed by atoms with van der Waals surface area (Å²) in [4.78, 5) is 29.4. The zero-order valence-electron chi connectivity index (χ0n) is 17.3. The van der Waals surface area contributed by atoms with Crippen molar-refractivity contribution in [1.82, 2.24) is 4.90 Å². The fourth-order valence-electron chi connectivity index (χ4n) is 3.87. The van der Waals surface area contributed by atoms with Crippen molar-refractivity contribution in [3.8, 4) is 0 Å². The van der Waals surface area contributed by atoms with Crippen LogP contribution in [0.4, 0.5) is 10.5 Å². The number of amides is 3. The quantitative estimate of drug-likeness (QED) is 0.424. The normalized spacial score (nSPS) is 15.6. The van der Waals surface area contributed by atoms with Crippen molar-refractivity contribution >= 4 is 40.8 Å². The summed E-state index contributed by atoms with van der Waals surface area (Å²) in [6, 6.07) is 22.5. The lowest BCUT2D eigenvalue weighted by Gasteiger charge is -2.28. The highest BCUT2D eigenvalue weighted by molar-refractivity contribution is 6.35. The Morgan fingerprint density at radius 3 is 2.03 bits per heavy atom. The third kappa shape index (κ3) is 4.18. The Morgan fingerprint density at radius 1 is 0.806 bits per heavy atom. The molecule has 4 rings (SSSR count). The summed E-state index contributed by atoms with van der Waals surface area (Å²) in [5, 5.41) is 0.736. The van der Waals surface area contributed by atoms with Gasteiger partial charge in [0.15, 0.2) is 0 Å². The number of hydrogen-bond acceptors (Lipinski definition) is 2. The number of carbonyl (C=O) groups excluding carboxylic acids is 2. The molecular formula is C25H22Cl2N2O2. The molecule has 6 heteroatoms. The molecule has 3 amide bonds. The fourth-order valence-corrected chi connectivity index (χ4v) is 4.38. The van der Waals surface area contributed by atoms with E-state index in [1.54, 1.807) is 36.9 Å². The van der Waals surface area contributed by atoms with Crippen molar-refractivity contribution in [2.24, 2.45) is 0 Å². The monoisotopic (exact) mass is 452 g/mol. The highest BCUT2D eigenvalue weighted by atomic mass is 35.5. The van der Waals surface area contributed by atoms with Gasteiger partial charge in [-0.25, -0.2) is 9.69 Å². The zero-order valence-corrected chi connectivity index (χ0v) is 18.8. The average molecular weight is 453 g/mol. The van der Waals surface area contributed by atoms with Crippen LogP contribution in [0, 0.1) is 0 Å². The lowest BCUT2D eigenvalue weighted by atomic mass is 9.97. The molecule has 158 valence electrons. The summed E-state index contributed by atoms with van der Waals surface area (Å²) in [7, 11) is 0. The van der Waals surface area contributed by atoms with Gasteiger partial charge in [0.2, 0.25) is 0 Å². The molecule has 0 bridgehead atoms. The molecule has 0 atom stereocenters. The Balaban J connectivity index is 1.66. The summed E-state index contributed by atoms with van der Waals surface area (Å²) in [6.45, 7) is 3.85. The van der Waals surface area contributed by atoms with Gasteiger partial charge >= 0.3 is 6.03 Å². The third-order valence-corrected chi connectivity index (χ3v) is 6.05. The van der Waals surface area contributed by atoms with Crippen molar-refractivity contribution in [3.05, 3.63) is 99.5 Å². The number of nitrogens with zero attached hydrogens (tertiary/aromatic N) is 2. The molecule has 3 aromatic carbocycles. The van der Waals surface area contributed by atoms with Crippen LogP contribution >= 0.6 is 23.2 Å². The number of rotatable bonds is 5. The number of imide groups is 1. The largest absolute Gasteiger partial charge is 0.332 e. The molecule has 1 aliphatic heterocycles. The molecule has 3 aromatic rings. The second kappa shape index (κ2) is 8.37. The van der Waals surface area contributed by atoms with Crippen LogP contribution in [0.5, 0.6) is 0 Å². The van der Waals surface area contributed by atoms with Crippen LogP contribution in [-0.2, 0) is 17.8 Å². The summed E-state index contributed by atoms with van der Waals surface area (Å²) >= 11 is 12.2. The summed E-state index contributed by atoms with van der Waals surface area (Å²) < 4.78 is 0. The van der Waals surface area contributed by atoms with Crippen LogP contribution in [0.1, 0.15) is 30.5 Å². The first-order valence-electron chi connectivity index (χ1n) is 10.0.